The van der Waals surface area contributed by atoms with Crippen molar-refractivity contribution in [3.8, 4) is 0 Å². The average Bonchev–Trinajstić information content (AvgIpc) is 2.65. The lowest BCUT2D eigenvalue weighted by atomic mass is 10.3. The molecule has 106 valence electrons. The highest BCUT2D eigenvalue weighted by Gasteiger charge is 2.39. The van der Waals surface area contributed by atoms with E-state index < -0.39 is 32.9 Å². The quantitative estimate of drug-likeness (QED) is 0.643. The molecular formula is C10H12BrFN2O4S. The number of nitrogens with zero attached hydrogens (tertiary/aromatic N) is 1. The smallest absolute Gasteiger partial charge is 0.246 e. The molecular weight excluding hydrogens is 343 g/mol. The maximum absolute atomic E-state index is 13.9. The van der Waals surface area contributed by atoms with Crippen LogP contribution >= 0.6 is 15.9 Å². The fourth-order valence-electron chi connectivity index (χ4n) is 1.84. The monoisotopic (exact) mass is 354 g/mol. The van der Waals surface area contributed by atoms with Crippen molar-refractivity contribution >= 4 is 31.6 Å². The van der Waals surface area contributed by atoms with Crippen molar-refractivity contribution in [3.05, 3.63) is 22.4 Å². The minimum absolute atomic E-state index is 0.0635. The van der Waals surface area contributed by atoms with E-state index in [0.29, 0.717) is 0 Å². The summed E-state index contributed by atoms with van der Waals surface area (Å²) >= 11 is 2.88. The van der Waals surface area contributed by atoms with Gasteiger partial charge in [0.15, 0.2) is 5.82 Å². The fourth-order valence-corrected chi connectivity index (χ4v) is 4.05. The molecule has 0 spiro atoms. The van der Waals surface area contributed by atoms with Crippen molar-refractivity contribution in [1.82, 2.24) is 4.31 Å². The summed E-state index contributed by atoms with van der Waals surface area (Å²) in [7, 11) is -4.15. The predicted octanol–water partition coefficient (Wildman–Crippen LogP) is -0.103. The third-order valence-corrected chi connectivity index (χ3v) is 5.27. The van der Waals surface area contributed by atoms with Crippen LogP contribution in [0.1, 0.15) is 0 Å². The number of anilines is 1. The van der Waals surface area contributed by atoms with Crippen LogP contribution in [0.4, 0.5) is 10.1 Å². The standard InChI is InChI=1S/C10H12BrFN2O4S/c11-6-1-5(13)2-9(10(6)12)19(17,18)14-3-7(15)8(16)4-14/h1-2,7-8,15-16H,3-4,13H2. The Balaban J connectivity index is 2.46. The Morgan fingerprint density at radius 3 is 2.37 bits per heavy atom. The molecule has 9 heteroatoms. The normalized spacial score (nSPS) is 24.8. The number of halogens is 2. The zero-order valence-electron chi connectivity index (χ0n) is 9.62. The molecule has 2 unspecified atom stereocenters. The molecule has 0 aliphatic carbocycles. The summed E-state index contributed by atoms with van der Waals surface area (Å²) in [6, 6.07) is 2.26. The molecule has 1 aromatic rings. The molecule has 2 rings (SSSR count). The molecule has 1 aromatic carbocycles. The topological polar surface area (TPSA) is 104 Å². The van der Waals surface area contributed by atoms with Crippen LogP contribution in [0.3, 0.4) is 0 Å². The lowest BCUT2D eigenvalue weighted by Gasteiger charge is -2.16. The number of sulfonamides is 1. The van der Waals surface area contributed by atoms with Gasteiger partial charge >= 0.3 is 0 Å². The van der Waals surface area contributed by atoms with Gasteiger partial charge in [-0.05, 0) is 28.1 Å². The number of rotatable bonds is 2. The zero-order chi connectivity index (χ0) is 14.4. The van der Waals surface area contributed by atoms with Crippen LogP contribution in [0, 0.1) is 5.82 Å². The van der Waals surface area contributed by atoms with Gasteiger partial charge in [0, 0.05) is 18.8 Å². The highest BCUT2D eigenvalue weighted by atomic mass is 79.9. The molecule has 1 heterocycles. The van der Waals surface area contributed by atoms with Crippen molar-refractivity contribution in [2.75, 3.05) is 18.8 Å². The Kier molecular flexibility index (Phi) is 3.85. The lowest BCUT2D eigenvalue weighted by molar-refractivity contribution is 0.0572. The molecule has 1 fully saturated rings. The van der Waals surface area contributed by atoms with Crippen LogP contribution in [-0.2, 0) is 10.0 Å². The number of nitrogen functional groups attached to an aromatic ring is 1. The highest BCUT2D eigenvalue weighted by molar-refractivity contribution is 9.10. The minimum atomic E-state index is -4.15. The summed E-state index contributed by atoms with van der Waals surface area (Å²) in [5, 5.41) is 18.7. The average molecular weight is 355 g/mol. The Labute approximate surface area is 117 Å². The Morgan fingerprint density at radius 2 is 1.84 bits per heavy atom. The molecule has 1 saturated heterocycles. The van der Waals surface area contributed by atoms with Crippen molar-refractivity contribution in [2.24, 2.45) is 0 Å². The summed E-state index contributed by atoms with van der Waals surface area (Å²) in [6.45, 7) is -0.565. The molecule has 0 bridgehead atoms. The highest BCUT2D eigenvalue weighted by Crippen LogP contribution is 2.29. The van der Waals surface area contributed by atoms with E-state index in [1.807, 2.05) is 0 Å². The van der Waals surface area contributed by atoms with E-state index >= 15 is 0 Å². The first-order valence-electron chi connectivity index (χ1n) is 5.34. The van der Waals surface area contributed by atoms with Crippen LogP contribution in [0.15, 0.2) is 21.5 Å². The molecule has 1 aliphatic rings. The minimum Gasteiger partial charge on any atom is -0.399 e. The molecule has 2 atom stereocenters. The van der Waals surface area contributed by atoms with Crippen molar-refractivity contribution < 1.29 is 23.0 Å². The summed E-state index contributed by atoms with van der Waals surface area (Å²) in [4.78, 5) is -0.583. The van der Waals surface area contributed by atoms with Gasteiger partial charge in [-0.25, -0.2) is 12.8 Å². The molecule has 0 aromatic heterocycles. The van der Waals surface area contributed by atoms with Crippen LogP contribution in [0.5, 0.6) is 0 Å². The van der Waals surface area contributed by atoms with Gasteiger partial charge in [0.05, 0.1) is 16.7 Å². The van der Waals surface area contributed by atoms with Gasteiger partial charge < -0.3 is 15.9 Å². The third kappa shape index (κ3) is 2.61. The first-order chi connectivity index (χ1) is 8.73. The van der Waals surface area contributed by atoms with Gasteiger partial charge in [-0.2, -0.15) is 4.31 Å². The second-order valence-electron chi connectivity index (χ2n) is 4.27. The Bertz CT molecular complexity index is 600. The summed E-state index contributed by atoms with van der Waals surface area (Å²) < 4.78 is 39.1. The van der Waals surface area contributed by atoms with Crippen LogP contribution in [-0.4, -0.2) is 48.2 Å². The third-order valence-electron chi connectivity index (χ3n) is 2.86. The second kappa shape index (κ2) is 4.98. The molecule has 19 heavy (non-hydrogen) atoms. The van der Waals surface area contributed by atoms with Gasteiger partial charge in [-0.1, -0.05) is 0 Å². The molecule has 0 radical (unpaired) electrons. The van der Waals surface area contributed by atoms with E-state index in [1.54, 1.807) is 0 Å². The number of aliphatic hydroxyl groups excluding tert-OH is 2. The molecule has 1 aliphatic heterocycles. The number of benzene rings is 1. The van der Waals surface area contributed by atoms with E-state index in [2.05, 4.69) is 15.9 Å². The van der Waals surface area contributed by atoms with Gasteiger partial charge in [0.1, 0.15) is 4.90 Å². The molecule has 6 nitrogen and oxygen atoms in total. The molecule has 4 N–H and O–H groups in total. The molecule has 0 saturated carbocycles. The second-order valence-corrected chi connectivity index (χ2v) is 7.03. The van der Waals surface area contributed by atoms with Gasteiger partial charge in [-0.15, -0.1) is 0 Å². The Morgan fingerprint density at radius 1 is 1.32 bits per heavy atom. The van der Waals surface area contributed by atoms with Gasteiger partial charge in [0.25, 0.3) is 0 Å². The van der Waals surface area contributed by atoms with Crippen molar-refractivity contribution in [3.63, 3.8) is 0 Å². The number of aliphatic hydroxyl groups is 2. The largest absolute Gasteiger partial charge is 0.399 e. The van der Waals surface area contributed by atoms with Gasteiger partial charge in [0.2, 0.25) is 10.0 Å². The van der Waals surface area contributed by atoms with E-state index in [1.165, 1.54) is 6.07 Å². The first kappa shape index (κ1) is 14.7. The Hall–Kier alpha value is -0.740. The van der Waals surface area contributed by atoms with E-state index in [9.17, 15) is 23.0 Å². The predicted molar refractivity (Wildman–Crippen MR) is 69.3 cm³/mol. The van der Waals surface area contributed by atoms with Crippen LogP contribution < -0.4 is 5.73 Å². The lowest BCUT2D eigenvalue weighted by Crippen LogP contribution is -2.30. The van der Waals surface area contributed by atoms with Gasteiger partial charge in [-0.3, -0.25) is 0 Å². The summed E-state index contributed by atoms with van der Waals surface area (Å²) in [5.41, 5.74) is 5.59. The number of nitrogens with two attached hydrogens (primary N) is 1. The number of β-amino-alcohol motifs (C(OH)–C–C–N with tert-alkyl or cyclic N) is 2. The van der Waals surface area contributed by atoms with Crippen LogP contribution in [0.25, 0.3) is 0 Å². The summed E-state index contributed by atoms with van der Waals surface area (Å²) in [5.74, 6) is -0.954. The maximum atomic E-state index is 13.9. The zero-order valence-corrected chi connectivity index (χ0v) is 12.0. The molecule has 0 amide bonds. The SMILES string of the molecule is Nc1cc(Br)c(F)c(S(=O)(=O)N2CC(O)C(O)C2)c1. The van der Waals surface area contributed by atoms with Crippen molar-refractivity contribution in [2.45, 2.75) is 17.1 Å². The van der Waals surface area contributed by atoms with E-state index in [0.717, 1.165) is 10.4 Å². The summed E-state index contributed by atoms with van der Waals surface area (Å²) in [6.07, 6.45) is -2.36. The van der Waals surface area contributed by atoms with E-state index in [4.69, 9.17) is 5.73 Å². The fraction of sp³-hybridized carbons (Fsp3) is 0.400. The number of hydrogen-bond donors (Lipinski definition) is 3. The maximum Gasteiger partial charge on any atom is 0.246 e. The number of hydrogen-bond acceptors (Lipinski definition) is 5. The van der Waals surface area contributed by atoms with E-state index in [-0.39, 0.29) is 23.2 Å². The first-order valence-corrected chi connectivity index (χ1v) is 7.57. The van der Waals surface area contributed by atoms with Crippen molar-refractivity contribution in [1.29, 1.82) is 0 Å². The van der Waals surface area contributed by atoms with Crippen LogP contribution in [0.2, 0.25) is 0 Å².